The van der Waals surface area contributed by atoms with E-state index in [-0.39, 0.29) is 36.7 Å². The van der Waals surface area contributed by atoms with Crippen molar-refractivity contribution in [3.05, 3.63) is 71.0 Å². The molecule has 0 bridgehead atoms. The molecule has 0 aliphatic carbocycles. The second-order valence-electron chi connectivity index (χ2n) is 5.08. The third kappa shape index (κ3) is 4.82. The fourth-order valence-electron chi connectivity index (χ4n) is 2.09. The Morgan fingerprint density at radius 2 is 1.78 bits per heavy atom. The molecule has 3 nitrogen and oxygen atoms in total. The molecule has 1 amide bonds. The molecule has 0 spiro atoms. The van der Waals surface area contributed by atoms with Gasteiger partial charge in [0.25, 0.3) is 0 Å². The number of halogens is 3. The van der Waals surface area contributed by atoms with Crippen LogP contribution in [0.1, 0.15) is 23.7 Å². The average Bonchev–Trinajstić information content (AvgIpc) is 2.54. The van der Waals surface area contributed by atoms with Crippen molar-refractivity contribution in [3.63, 3.8) is 0 Å². The zero-order valence-corrected chi connectivity index (χ0v) is 12.2. The fourth-order valence-corrected chi connectivity index (χ4v) is 2.09. The maximum Gasteiger partial charge on any atom is 0.220 e. The van der Waals surface area contributed by atoms with E-state index in [9.17, 15) is 23.1 Å². The summed E-state index contributed by atoms with van der Waals surface area (Å²) in [5.41, 5.74) is 0.599. The molecule has 2 aromatic carbocycles. The molecule has 0 saturated carbocycles. The van der Waals surface area contributed by atoms with E-state index in [2.05, 4.69) is 5.32 Å². The Labute approximate surface area is 131 Å². The van der Waals surface area contributed by atoms with Crippen LogP contribution in [-0.2, 0) is 11.2 Å². The number of aryl methyl sites for hydroxylation is 1. The van der Waals surface area contributed by atoms with Gasteiger partial charge in [-0.05, 0) is 35.7 Å². The quantitative estimate of drug-likeness (QED) is 0.859. The molecule has 0 saturated heterocycles. The second-order valence-corrected chi connectivity index (χ2v) is 5.08. The number of rotatable bonds is 6. The number of aliphatic hydroxyl groups excluding tert-OH is 1. The number of nitrogens with one attached hydrogen (secondary N) is 1. The standard InChI is InChI=1S/C17H16F3NO2/c18-13-4-2-1-3-11(13)6-8-17(23)21-10-16(22)12-5-7-14(19)15(20)9-12/h1-5,7,9,16,22H,6,8,10H2,(H,21,23). The molecule has 1 atom stereocenters. The molecule has 0 aliphatic heterocycles. The van der Waals surface area contributed by atoms with Gasteiger partial charge in [-0.25, -0.2) is 13.2 Å². The number of aliphatic hydroxyl groups is 1. The van der Waals surface area contributed by atoms with Crippen LogP contribution in [0.5, 0.6) is 0 Å². The van der Waals surface area contributed by atoms with Crippen molar-refractivity contribution in [1.29, 1.82) is 0 Å². The van der Waals surface area contributed by atoms with Crippen molar-refractivity contribution < 1.29 is 23.1 Å². The van der Waals surface area contributed by atoms with E-state index in [1.54, 1.807) is 18.2 Å². The number of hydrogen-bond donors (Lipinski definition) is 2. The topological polar surface area (TPSA) is 49.3 Å². The molecule has 2 N–H and O–H groups in total. The molecule has 2 rings (SSSR count). The van der Waals surface area contributed by atoms with Gasteiger partial charge in [0.15, 0.2) is 11.6 Å². The van der Waals surface area contributed by atoms with Crippen molar-refractivity contribution in [2.24, 2.45) is 0 Å². The van der Waals surface area contributed by atoms with Gasteiger partial charge in [0, 0.05) is 13.0 Å². The van der Waals surface area contributed by atoms with Crippen LogP contribution in [0.4, 0.5) is 13.2 Å². The number of carbonyl (C=O) groups is 1. The Kier molecular flexibility index (Phi) is 5.76. The number of benzene rings is 2. The highest BCUT2D eigenvalue weighted by atomic mass is 19.2. The van der Waals surface area contributed by atoms with Gasteiger partial charge in [-0.15, -0.1) is 0 Å². The molecule has 2 aromatic rings. The first-order valence-corrected chi connectivity index (χ1v) is 7.10. The van der Waals surface area contributed by atoms with Gasteiger partial charge < -0.3 is 10.4 Å². The molecule has 0 heterocycles. The van der Waals surface area contributed by atoms with E-state index in [4.69, 9.17) is 0 Å². The zero-order valence-electron chi connectivity index (χ0n) is 12.2. The maximum absolute atomic E-state index is 13.4. The average molecular weight is 323 g/mol. The molecular formula is C17H16F3NO2. The largest absolute Gasteiger partial charge is 0.387 e. The number of amides is 1. The summed E-state index contributed by atoms with van der Waals surface area (Å²) in [5.74, 6) is -2.81. The monoisotopic (exact) mass is 323 g/mol. The van der Waals surface area contributed by atoms with E-state index in [0.717, 1.165) is 12.1 Å². The number of hydrogen-bond acceptors (Lipinski definition) is 2. The molecule has 0 fully saturated rings. The van der Waals surface area contributed by atoms with Gasteiger partial charge in [-0.2, -0.15) is 0 Å². The Morgan fingerprint density at radius 1 is 1.04 bits per heavy atom. The summed E-state index contributed by atoms with van der Waals surface area (Å²) in [7, 11) is 0. The van der Waals surface area contributed by atoms with Crippen LogP contribution >= 0.6 is 0 Å². The Balaban J connectivity index is 1.82. The fraction of sp³-hybridized carbons (Fsp3) is 0.235. The van der Waals surface area contributed by atoms with E-state index in [1.807, 2.05) is 0 Å². The number of carbonyl (C=O) groups excluding carboxylic acids is 1. The van der Waals surface area contributed by atoms with Gasteiger partial charge in [0.2, 0.25) is 5.91 Å². The first-order chi connectivity index (χ1) is 11.0. The highest BCUT2D eigenvalue weighted by Gasteiger charge is 2.12. The smallest absolute Gasteiger partial charge is 0.220 e. The molecule has 0 aliphatic rings. The Bertz CT molecular complexity index is 691. The second kappa shape index (κ2) is 7.78. The minimum Gasteiger partial charge on any atom is -0.387 e. The van der Waals surface area contributed by atoms with E-state index >= 15 is 0 Å². The summed E-state index contributed by atoms with van der Waals surface area (Å²) in [5, 5.41) is 12.3. The van der Waals surface area contributed by atoms with Gasteiger partial charge in [-0.3, -0.25) is 4.79 Å². The molecule has 0 aromatic heterocycles. The van der Waals surface area contributed by atoms with Crippen molar-refractivity contribution in [3.8, 4) is 0 Å². The first-order valence-electron chi connectivity index (χ1n) is 7.10. The van der Waals surface area contributed by atoms with Crippen LogP contribution < -0.4 is 5.32 Å². The molecular weight excluding hydrogens is 307 g/mol. The lowest BCUT2D eigenvalue weighted by molar-refractivity contribution is -0.121. The molecule has 23 heavy (non-hydrogen) atoms. The molecule has 122 valence electrons. The van der Waals surface area contributed by atoms with Crippen LogP contribution in [0.3, 0.4) is 0 Å². The molecule has 6 heteroatoms. The zero-order chi connectivity index (χ0) is 16.8. The summed E-state index contributed by atoms with van der Waals surface area (Å²) in [6, 6.07) is 9.20. The van der Waals surface area contributed by atoms with Gasteiger partial charge in [0.05, 0.1) is 6.10 Å². The highest BCUT2D eigenvalue weighted by molar-refractivity contribution is 5.76. The van der Waals surface area contributed by atoms with Crippen molar-refractivity contribution in [2.45, 2.75) is 18.9 Å². The minimum atomic E-state index is -1.15. The molecule has 1 unspecified atom stereocenters. The summed E-state index contributed by atoms with van der Waals surface area (Å²) in [4.78, 5) is 11.7. The lowest BCUT2D eigenvalue weighted by atomic mass is 10.1. The Morgan fingerprint density at radius 3 is 2.48 bits per heavy atom. The van der Waals surface area contributed by atoms with Crippen LogP contribution in [0.25, 0.3) is 0 Å². The van der Waals surface area contributed by atoms with Crippen LogP contribution in [0.2, 0.25) is 0 Å². The van der Waals surface area contributed by atoms with Gasteiger partial charge in [0.1, 0.15) is 5.82 Å². The van der Waals surface area contributed by atoms with Crippen LogP contribution in [-0.4, -0.2) is 17.6 Å². The Hall–Kier alpha value is -2.34. The normalized spacial score (nSPS) is 12.0. The van der Waals surface area contributed by atoms with E-state index in [0.29, 0.717) is 5.56 Å². The van der Waals surface area contributed by atoms with Crippen molar-refractivity contribution in [1.82, 2.24) is 5.32 Å². The third-order valence-corrected chi connectivity index (χ3v) is 3.40. The maximum atomic E-state index is 13.4. The predicted molar refractivity (Wildman–Crippen MR) is 79.0 cm³/mol. The summed E-state index contributed by atoms with van der Waals surface area (Å²) in [6.45, 7) is -0.138. The highest BCUT2D eigenvalue weighted by Crippen LogP contribution is 2.15. The summed E-state index contributed by atoms with van der Waals surface area (Å²) >= 11 is 0. The van der Waals surface area contributed by atoms with Crippen LogP contribution in [0, 0.1) is 17.5 Å². The van der Waals surface area contributed by atoms with E-state index in [1.165, 1.54) is 12.1 Å². The summed E-state index contributed by atoms with van der Waals surface area (Å²) < 4.78 is 39.3. The van der Waals surface area contributed by atoms with Crippen LogP contribution in [0.15, 0.2) is 42.5 Å². The van der Waals surface area contributed by atoms with Gasteiger partial charge in [-0.1, -0.05) is 24.3 Å². The van der Waals surface area contributed by atoms with Gasteiger partial charge >= 0.3 is 0 Å². The predicted octanol–water partition coefficient (Wildman–Crippen LogP) is 2.89. The lowest BCUT2D eigenvalue weighted by Gasteiger charge is -2.12. The van der Waals surface area contributed by atoms with Crippen molar-refractivity contribution in [2.75, 3.05) is 6.54 Å². The SMILES string of the molecule is O=C(CCc1ccccc1F)NCC(O)c1ccc(F)c(F)c1. The molecule has 0 radical (unpaired) electrons. The van der Waals surface area contributed by atoms with Crippen molar-refractivity contribution >= 4 is 5.91 Å². The lowest BCUT2D eigenvalue weighted by Crippen LogP contribution is -2.28. The summed E-state index contributed by atoms with van der Waals surface area (Å²) in [6.07, 6.45) is -0.854. The first kappa shape index (κ1) is 17.0. The third-order valence-electron chi connectivity index (χ3n) is 3.40. The minimum absolute atomic E-state index is 0.0609. The van der Waals surface area contributed by atoms with E-state index < -0.39 is 17.7 Å².